The zero-order valence-corrected chi connectivity index (χ0v) is 21.8. The number of pyridine rings is 1. The molecule has 0 amide bonds. The van der Waals surface area contributed by atoms with Crippen LogP contribution in [-0.2, 0) is 6.42 Å². The van der Waals surface area contributed by atoms with Gasteiger partial charge >= 0.3 is 0 Å². The van der Waals surface area contributed by atoms with Crippen LogP contribution in [0.4, 0.5) is 11.4 Å². The molecule has 5 heteroatoms. The van der Waals surface area contributed by atoms with Crippen molar-refractivity contribution < 1.29 is 5.11 Å². The summed E-state index contributed by atoms with van der Waals surface area (Å²) in [6, 6.07) is 32.5. The molecule has 0 radical (unpaired) electrons. The van der Waals surface area contributed by atoms with Crippen LogP contribution in [0.3, 0.4) is 0 Å². The lowest BCUT2D eigenvalue weighted by Crippen LogP contribution is -2.24. The highest BCUT2D eigenvalue weighted by Crippen LogP contribution is 2.28. The molecule has 192 valence electrons. The molecule has 5 nitrogen and oxygen atoms in total. The maximum atomic E-state index is 11.7. The summed E-state index contributed by atoms with van der Waals surface area (Å²) in [4.78, 5) is 14.6. The van der Waals surface area contributed by atoms with Gasteiger partial charge in [-0.3, -0.25) is 4.79 Å². The molecule has 0 bridgehead atoms. The van der Waals surface area contributed by atoms with Crippen LogP contribution in [0.15, 0.2) is 102 Å². The van der Waals surface area contributed by atoms with Gasteiger partial charge < -0.3 is 20.7 Å². The molecule has 0 saturated carbocycles. The third-order valence-electron chi connectivity index (χ3n) is 6.99. The van der Waals surface area contributed by atoms with Gasteiger partial charge in [0.05, 0.1) is 11.6 Å². The summed E-state index contributed by atoms with van der Waals surface area (Å²) in [6.45, 7) is 5.28. The highest BCUT2D eigenvalue weighted by atomic mass is 16.3. The summed E-state index contributed by atoms with van der Waals surface area (Å²) in [6.07, 6.45) is 0.198. The molecule has 1 atom stereocenters. The minimum Gasteiger partial charge on any atom is -0.387 e. The highest BCUT2D eigenvalue weighted by Gasteiger charge is 2.13. The van der Waals surface area contributed by atoms with E-state index in [1.807, 2.05) is 25.1 Å². The number of aliphatic hydroxyl groups excluding tert-OH is 1. The Morgan fingerprint density at radius 2 is 1.55 bits per heavy atom. The van der Waals surface area contributed by atoms with Gasteiger partial charge in [-0.25, -0.2) is 0 Å². The van der Waals surface area contributed by atoms with Crippen LogP contribution in [0, 0.1) is 13.8 Å². The number of fused-ring (bicyclic) bond motifs is 1. The molecule has 0 aliphatic rings. The second kappa shape index (κ2) is 11.5. The maximum absolute atomic E-state index is 11.7. The summed E-state index contributed by atoms with van der Waals surface area (Å²) >= 11 is 0. The van der Waals surface area contributed by atoms with Crippen molar-refractivity contribution in [3.8, 4) is 11.1 Å². The maximum Gasteiger partial charge on any atom is 0.248 e. The first-order valence-electron chi connectivity index (χ1n) is 13.0. The van der Waals surface area contributed by atoms with Crippen molar-refractivity contribution in [1.82, 2.24) is 10.3 Å². The number of anilines is 2. The molecule has 38 heavy (non-hydrogen) atoms. The van der Waals surface area contributed by atoms with E-state index in [-0.39, 0.29) is 5.56 Å². The molecular formula is C33H33N3O2. The van der Waals surface area contributed by atoms with Crippen molar-refractivity contribution in [1.29, 1.82) is 0 Å². The summed E-state index contributed by atoms with van der Waals surface area (Å²) in [7, 11) is 0. The van der Waals surface area contributed by atoms with Gasteiger partial charge in [-0.1, -0.05) is 60.7 Å². The van der Waals surface area contributed by atoms with Gasteiger partial charge in [0.1, 0.15) is 0 Å². The number of benzene rings is 4. The van der Waals surface area contributed by atoms with E-state index < -0.39 is 6.10 Å². The molecule has 4 N–H and O–H groups in total. The zero-order chi connectivity index (χ0) is 26.5. The SMILES string of the molecule is Cc1ccc(Nc2ccc(CCNCC(O)c3ccc(C)c4[nH]c(=O)ccc34)cc2)cc1-c1ccccc1. The van der Waals surface area contributed by atoms with Gasteiger partial charge in [-0.05, 0) is 90.5 Å². The third kappa shape index (κ3) is 5.86. The van der Waals surface area contributed by atoms with E-state index in [1.165, 1.54) is 28.3 Å². The lowest BCUT2D eigenvalue weighted by atomic mass is 10.00. The van der Waals surface area contributed by atoms with Crippen LogP contribution in [0.1, 0.15) is 28.4 Å². The van der Waals surface area contributed by atoms with E-state index in [9.17, 15) is 9.90 Å². The van der Waals surface area contributed by atoms with E-state index in [4.69, 9.17) is 0 Å². The number of H-pyrrole nitrogens is 1. The number of nitrogens with one attached hydrogen (secondary N) is 3. The van der Waals surface area contributed by atoms with Crippen molar-refractivity contribution in [3.63, 3.8) is 0 Å². The van der Waals surface area contributed by atoms with Crippen molar-refractivity contribution in [2.75, 3.05) is 18.4 Å². The lowest BCUT2D eigenvalue weighted by molar-refractivity contribution is 0.176. The fourth-order valence-corrected chi connectivity index (χ4v) is 4.84. The highest BCUT2D eigenvalue weighted by molar-refractivity contribution is 5.85. The number of aromatic nitrogens is 1. The molecule has 5 rings (SSSR count). The molecule has 1 aromatic heterocycles. The fourth-order valence-electron chi connectivity index (χ4n) is 4.84. The van der Waals surface area contributed by atoms with Crippen LogP contribution in [0.25, 0.3) is 22.0 Å². The van der Waals surface area contributed by atoms with Gasteiger partial charge in [0.15, 0.2) is 0 Å². The first kappa shape index (κ1) is 25.5. The molecule has 0 spiro atoms. The summed E-state index contributed by atoms with van der Waals surface area (Å²) in [5, 5.41) is 18.6. The minimum atomic E-state index is -0.661. The Hall–Kier alpha value is -4.19. The van der Waals surface area contributed by atoms with Gasteiger partial charge in [0.2, 0.25) is 5.56 Å². The summed E-state index contributed by atoms with van der Waals surface area (Å²) in [5.74, 6) is 0. The average Bonchev–Trinajstić information content (AvgIpc) is 2.94. The minimum absolute atomic E-state index is 0.137. The Morgan fingerprint density at radius 1 is 0.816 bits per heavy atom. The molecule has 4 aromatic carbocycles. The lowest BCUT2D eigenvalue weighted by Gasteiger charge is -2.16. The topological polar surface area (TPSA) is 77.2 Å². The van der Waals surface area contributed by atoms with Gasteiger partial charge in [-0.2, -0.15) is 0 Å². The molecule has 1 heterocycles. The number of hydrogen-bond acceptors (Lipinski definition) is 4. The predicted octanol–water partition coefficient (Wildman–Crippen LogP) is 6.42. The fraction of sp³-hybridized carbons (Fsp3) is 0.182. The number of aliphatic hydroxyl groups is 1. The summed E-state index contributed by atoms with van der Waals surface area (Å²) in [5.41, 5.74) is 9.47. The Morgan fingerprint density at radius 3 is 2.34 bits per heavy atom. The number of hydrogen-bond donors (Lipinski definition) is 4. The van der Waals surface area contributed by atoms with Crippen molar-refractivity contribution in [2.45, 2.75) is 26.4 Å². The number of aromatic amines is 1. The molecule has 0 fully saturated rings. The van der Waals surface area contributed by atoms with Crippen LogP contribution >= 0.6 is 0 Å². The standard InChI is InChI=1S/C33H33N3O2/c1-22-8-12-27(20-30(22)25-6-4-3-5-7-25)35-26-13-10-24(11-14-26)18-19-34-21-31(37)28-15-9-23(2)33-29(28)16-17-32(38)36-33/h3-17,20,31,34-35,37H,18-19,21H2,1-2H3,(H,36,38). The molecule has 1 unspecified atom stereocenters. The monoisotopic (exact) mass is 503 g/mol. The zero-order valence-electron chi connectivity index (χ0n) is 21.8. The smallest absolute Gasteiger partial charge is 0.248 e. The van der Waals surface area contributed by atoms with Crippen molar-refractivity contribution >= 4 is 22.3 Å². The Labute approximate surface area is 223 Å². The predicted molar refractivity (Wildman–Crippen MR) is 157 cm³/mol. The van der Waals surface area contributed by atoms with Crippen molar-refractivity contribution in [3.05, 3.63) is 130 Å². The largest absolute Gasteiger partial charge is 0.387 e. The second-order valence-corrected chi connectivity index (χ2v) is 9.77. The molecule has 0 aliphatic heterocycles. The normalized spacial score (nSPS) is 12.0. The van der Waals surface area contributed by atoms with Gasteiger partial charge in [0.25, 0.3) is 0 Å². The molecule has 5 aromatic rings. The molecule has 0 saturated heterocycles. The Bertz CT molecular complexity index is 1590. The van der Waals surface area contributed by atoms with E-state index in [0.29, 0.717) is 6.54 Å². The summed E-state index contributed by atoms with van der Waals surface area (Å²) < 4.78 is 0. The van der Waals surface area contributed by atoms with Crippen LogP contribution < -0.4 is 16.2 Å². The molecule has 0 aliphatic carbocycles. The Balaban J connectivity index is 1.15. The number of rotatable bonds is 9. The van der Waals surface area contributed by atoms with Crippen LogP contribution in [0.5, 0.6) is 0 Å². The van der Waals surface area contributed by atoms with Gasteiger partial charge in [0, 0.05) is 29.4 Å². The van der Waals surface area contributed by atoms with Crippen LogP contribution in [0.2, 0.25) is 0 Å². The van der Waals surface area contributed by atoms with Gasteiger partial charge in [-0.15, -0.1) is 0 Å². The quantitative estimate of drug-likeness (QED) is 0.175. The van der Waals surface area contributed by atoms with Crippen LogP contribution in [-0.4, -0.2) is 23.2 Å². The molecular weight excluding hydrogens is 470 g/mol. The van der Waals surface area contributed by atoms with E-state index >= 15 is 0 Å². The first-order valence-corrected chi connectivity index (χ1v) is 13.0. The average molecular weight is 504 g/mol. The first-order chi connectivity index (χ1) is 18.5. The Kier molecular flexibility index (Phi) is 7.68. The third-order valence-corrected chi connectivity index (χ3v) is 6.99. The van der Waals surface area contributed by atoms with E-state index in [2.05, 4.69) is 89.3 Å². The van der Waals surface area contributed by atoms with E-state index in [0.717, 1.165) is 46.4 Å². The van der Waals surface area contributed by atoms with Crippen molar-refractivity contribution in [2.24, 2.45) is 0 Å². The second-order valence-electron chi connectivity index (χ2n) is 9.77. The van der Waals surface area contributed by atoms with E-state index in [1.54, 1.807) is 6.07 Å². The number of aryl methyl sites for hydroxylation is 2.